The molecule has 0 aliphatic carbocycles. The summed E-state index contributed by atoms with van der Waals surface area (Å²) in [4.78, 5) is 0.120. The molecule has 1 atom stereocenters. The molecule has 18 heavy (non-hydrogen) atoms. The first-order valence-corrected chi connectivity index (χ1v) is 7.40. The maximum Gasteiger partial charge on any atom is 0.179 e. The van der Waals surface area contributed by atoms with Gasteiger partial charge in [0.25, 0.3) is 0 Å². The van der Waals surface area contributed by atoms with Gasteiger partial charge in [-0.05, 0) is 18.5 Å². The predicted octanol–water partition coefficient (Wildman–Crippen LogP) is 1.17. The fourth-order valence-electron chi connectivity index (χ4n) is 1.70. The second-order valence-electron chi connectivity index (χ2n) is 4.15. The molecule has 0 aliphatic rings. The Hall–Kier alpha value is -1.27. The second kappa shape index (κ2) is 5.58. The van der Waals surface area contributed by atoms with Gasteiger partial charge in [0.2, 0.25) is 0 Å². The van der Waals surface area contributed by atoms with E-state index >= 15 is 0 Å². The average molecular weight is 273 g/mol. The lowest BCUT2D eigenvalue weighted by Gasteiger charge is -2.17. The molecule has 0 heterocycles. The first kappa shape index (κ1) is 14.8. The summed E-state index contributed by atoms with van der Waals surface area (Å²) in [7, 11) is -0.425. The molecule has 6 heteroatoms. The van der Waals surface area contributed by atoms with Crippen LogP contribution in [0.4, 0.5) is 0 Å². The van der Waals surface area contributed by atoms with Gasteiger partial charge in [-0.3, -0.25) is 0 Å². The Balaban J connectivity index is 3.52. The molecule has 0 radical (unpaired) electrons. The van der Waals surface area contributed by atoms with Crippen molar-refractivity contribution in [1.29, 1.82) is 0 Å². The summed E-state index contributed by atoms with van der Waals surface area (Å²) in [6, 6.07) is 3.16. The van der Waals surface area contributed by atoms with Crippen molar-refractivity contribution in [3.05, 3.63) is 17.7 Å². The highest BCUT2D eigenvalue weighted by atomic mass is 32.2. The minimum Gasteiger partial charge on any atom is -0.496 e. The van der Waals surface area contributed by atoms with Crippen molar-refractivity contribution >= 4 is 9.84 Å². The van der Waals surface area contributed by atoms with Crippen LogP contribution < -0.4 is 15.2 Å². The number of rotatable bonds is 5. The molecule has 102 valence electrons. The zero-order chi connectivity index (χ0) is 13.9. The zero-order valence-corrected chi connectivity index (χ0v) is 11.9. The summed E-state index contributed by atoms with van der Waals surface area (Å²) in [5, 5.41) is 0. The van der Waals surface area contributed by atoms with Gasteiger partial charge < -0.3 is 15.2 Å². The van der Waals surface area contributed by atoms with E-state index in [1.807, 2.05) is 6.92 Å². The van der Waals surface area contributed by atoms with Crippen molar-refractivity contribution in [3.8, 4) is 11.5 Å². The van der Waals surface area contributed by atoms with Gasteiger partial charge in [-0.2, -0.15) is 0 Å². The molecule has 0 aliphatic heterocycles. The molecule has 0 bridgehead atoms. The monoisotopic (exact) mass is 273 g/mol. The van der Waals surface area contributed by atoms with Crippen molar-refractivity contribution in [1.82, 2.24) is 0 Å². The molecule has 0 aromatic heterocycles. The molecule has 0 amide bonds. The molecule has 0 fully saturated rings. The number of hydrogen-bond donors (Lipinski definition) is 1. The minimum atomic E-state index is -3.36. The van der Waals surface area contributed by atoms with Gasteiger partial charge in [-0.25, -0.2) is 8.42 Å². The van der Waals surface area contributed by atoms with Crippen LogP contribution in [0.5, 0.6) is 11.5 Å². The maximum atomic E-state index is 11.7. The highest BCUT2D eigenvalue weighted by molar-refractivity contribution is 7.90. The standard InChI is InChI=1S/C12H19NO4S/c1-8(7-13)9-5-11(17-3)12(18(4,14)15)6-10(9)16-2/h5-6,8H,7,13H2,1-4H3. The molecule has 0 spiro atoms. The lowest BCUT2D eigenvalue weighted by Crippen LogP contribution is -2.11. The lowest BCUT2D eigenvalue weighted by molar-refractivity contribution is 0.386. The fourth-order valence-corrected chi connectivity index (χ4v) is 2.52. The van der Waals surface area contributed by atoms with Crippen LogP contribution in [0.3, 0.4) is 0 Å². The van der Waals surface area contributed by atoms with Crippen molar-refractivity contribution in [3.63, 3.8) is 0 Å². The van der Waals surface area contributed by atoms with Crippen LogP contribution in [-0.2, 0) is 9.84 Å². The maximum absolute atomic E-state index is 11.7. The van der Waals surface area contributed by atoms with E-state index in [2.05, 4.69) is 0 Å². The quantitative estimate of drug-likeness (QED) is 0.871. The van der Waals surface area contributed by atoms with E-state index in [9.17, 15) is 8.42 Å². The first-order valence-electron chi connectivity index (χ1n) is 5.51. The van der Waals surface area contributed by atoms with Crippen molar-refractivity contribution in [2.24, 2.45) is 5.73 Å². The Kier molecular flexibility index (Phi) is 4.59. The number of nitrogens with two attached hydrogens (primary N) is 1. The Bertz CT molecular complexity index is 525. The van der Waals surface area contributed by atoms with Crippen LogP contribution in [0, 0.1) is 0 Å². The van der Waals surface area contributed by atoms with E-state index in [-0.39, 0.29) is 10.8 Å². The smallest absolute Gasteiger partial charge is 0.179 e. The third-order valence-corrected chi connectivity index (χ3v) is 3.92. The molecule has 0 saturated heterocycles. The minimum absolute atomic E-state index is 0.0578. The second-order valence-corrected chi connectivity index (χ2v) is 6.14. The fraction of sp³-hybridized carbons (Fsp3) is 0.500. The molecule has 5 nitrogen and oxygen atoms in total. The van der Waals surface area contributed by atoms with Gasteiger partial charge in [0.15, 0.2) is 9.84 Å². The normalized spacial score (nSPS) is 13.2. The SMILES string of the molecule is COc1cc(S(C)(=O)=O)c(OC)cc1C(C)CN. The van der Waals surface area contributed by atoms with Gasteiger partial charge in [0.1, 0.15) is 16.4 Å². The van der Waals surface area contributed by atoms with Crippen LogP contribution >= 0.6 is 0 Å². The topological polar surface area (TPSA) is 78.6 Å². The van der Waals surface area contributed by atoms with Gasteiger partial charge in [-0.15, -0.1) is 0 Å². The van der Waals surface area contributed by atoms with Gasteiger partial charge in [0, 0.05) is 17.9 Å². The molecule has 1 rings (SSSR count). The third kappa shape index (κ3) is 2.94. The van der Waals surface area contributed by atoms with E-state index in [0.29, 0.717) is 18.0 Å². The number of benzene rings is 1. The summed E-state index contributed by atoms with van der Waals surface area (Å²) < 4.78 is 33.7. The highest BCUT2D eigenvalue weighted by Crippen LogP contribution is 2.35. The largest absolute Gasteiger partial charge is 0.496 e. The molecule has 1 unspecified atom stereocenters. The van der Waals surface area contributed by atoms with E-state index < -0.39 is 9.84 Å². The lowest BCUT2D eigenvalue weighted by atomic mass is 10.00. The van der Waals surface area contributed by atoms with Gasteiger partial charge in [-0.1, -0.05) is 6.92 Å². The summed E-state index contributed by atoms with van der Waals surface area (Å²) in [6.45, 7) is 2.38. The van der Waals surface area contributed by atoms with Crippen LogP contribution in [0.25, 0.3) is 0 Å². The number of sulfone groups is 1. The average Bonchev–Trinajstić information content (AvgIpc) is 2.34. The van der Waals surface area contributed by atoms with E-state index in [1.165, 1.54) is 20.3 Å². The molecule has 1 aromatic carbocycles. The first-order chi connectivity index (χ1) is 8.35. The Labute approximate surface area is 108 Å². The van der Waals surface area contributed by atoms with Crippen molar-refractivity contribution in [2.45, 2.75) is 17.7 Å². The summed E-state index contributed by atoms with van der Waals surface area (Å²) in [5.41, 5.74) is 6.47. The highest BCUT2D eigenvalue weighted by Gasteiger charge is 2.20. The Morgan fingerprint density at radius 2 is 1.78 bits per heavy atom. The predicted molar refractivity (Wildman–Crippen MR) is 70.1 cm³/mol. The van der Waals surface area contributed by atoms with Crippen LogP contribution in [0.1, 0.15) is 18.4 Å². The van der Waals surface area contributed by atoms with E-state index in [4.69, 9.17) is 15.2 Å². The van der Waals surface area contributed by atoms with Crippen LogP contribution in [0.2, 0.25) is 0 Å². The Morgan fingerprint density at radius 3 is 2.17 bits per heavy atom. The van der Waals surface area contributed by atoms with Crippen molar-refractivity contribution in [2.75, 3.05) is 27.0 Å². The van der Waals surface area contributed by atoms with E-state index in [1.54, 1.807) is 6.07 Å². The number of ether oxygens (including phenoxy) is 2. The number of hydrogen-bond acceptors (Lipinski definition) is 5. The summed E-state index contributed by atoms with van der Waals surface area (Å²) in [6.07, 6.45) is 1.14. The number of methoxy groups -OCH3 is 2. The van der Waals surface area contributed by atoms with Crippen LogP contribution in [-0.4, -0.2) is 35.4 Å². The van der Waals surface area contributed by atoms with E-state index in [0.717, 1.165) is 11.8 Å². The summed E-state index contributed by atoms with van der Waals surface area (Å²) in [5.74, 6) is 0.880. The van der Waals surface area contributed by atoms with Gasteiger partial charge >= 0.3 is 0 Å². The molecule has 1 aromatic rings. The van der Waals surface area contributed by atoms with Crippen molar-refractivity contribution < 1.29 is 17.9 Å². The summed E-state index contributed by atoms with van der Waals surface area (Å²) >= 11 is 0. The molecule has 0 saturated carbocycles. The molecule has 2 N–H and O–H groups in total. The van der Waals surface area contributed by atoms with Crippen LogP contribution in [0.15, 0.2) is 17.0 Å². The third-order valence-electron chi connectivity index (χ3n) is 2.80. The zero-order valence-electron chi connectivity index (χ0n) is 11.1. The molecular weight excluding hydrogens is 254 g/mol. The molecular formula is C12H19NO4S. The Morgan fingerprint density at radius 1 is 1.22 bits per heavy atom. The van der Waals surface area contributed by atoms with Gasteiger partial charge in [0.05, 0.1) is 14.2 Å².